The van der Waals surface area contributed by atoms with Crippen molar-refractivity contribution in [3.63, 3.8) is 0 Å². The third-order valence-corrected chi connectivity index (χ3v) is 10.6. The maximum absolute atomic E-state index is 13.7. The monoisotopic (exact) mass is 1040 g/mol. The van der Waals surface area contributed by atoms with Crippen LogP contribution in [0.3, 0.4) is 0 Å². The van der Waals surface area contributed by atoms with Gasteiger partial charge in [0.25, 0.3) is 5.91 Å². The van der Waals surface area contributed by atoms with Crippen molar-refractivity contribution < 1.29 is 48.3 Å². The second-order valence-corrected chi connectivity index (χ2v) is 15.8. The van der Waals surface area contributed by atoms with Crippen LogP contribution in [0.25, 0.3) is 33.5 Å². The van der Waals surface area contributed by atoms with Gasteiger partial charge in [-0.2, -0.15) is 23.7 Å². The van der Waals surface area contributed by atoms with Crippen molar-refractivity contribution >= 4 is 105 Å². The van der Waals surface area contributed by atoms with Gasteiger partial charge in [-0.1, -0.05) is 24.4 Å². The van der Waals surface area contributed by atoms with Gasteiger partial charge in [-0.05, 0) is 36.8 Å². The quantitative estimate of drug-likeness (QED) is 0.0789. The minimum absolute atomic E-state index is 0.0138. The predicted octanol–water partition coefficient (Wildman–Crippen LogP) is 0.593. The van der Waals surface area contributed by atoms with Gasteiger partial charge < -0.3 is 78.3 Å². The first-order chi connectivity index (χ1) is 34.2. The normalized spacial score (nSPS) is 16.0. The first-order valence-electron chi connectivity index (χ1n) is 20.5. The average molecular weight is 1040 g/mol. The van der Waals surface area contributed by atoms with Crippen molar-refractivity contribution in [1.29, 1.82) is 0 Å². The maximum Gasteiger partial charge on any atom is 0.351 e. The third-order valence-electron chi connectivity index (χ3n) is 9.93. The highest BCUT2D eigenvalue weighted by Crippen LogP contribution is 2.42. The molecule has 72 heavy (non-hydrogen) atoms. The Kier molecular flexibility index (Phi) is 16.6. The number of carbonyl (C=O) groups is 3. The van der Waals surface area contributed by atoms with Crippen LogP contribution in [0.2, 0.25) is 0 Å². The van der Waals surface area contributed by atoms with Gasteiger partial charge in [-0.15, -0.1) is 0 Å². The minimum atomic E-state index is -3.71. The number of H-pyrrole nitrogens is 4. The Bertz CT molecular complexity index is 3410. The Hall–Kier alpha value is -8.79. The molecule has 1 aliphatic rings. The van der Waals surface area contributed by atoms with Crippen molar-refractivity contribution in [2.45, 2.75) is 49.8 Å². The summed E-state index contributed by atoms with van der Waals surface area (Å²) in [6.45, 7) is -0.418. The summed E-state index contributed by atoms with van der Waals surface area (Å²) in [5.74, 6) is -6.45. The molecule has 1 saturated heterocycles. The summed E-state index contributed by atoms with van der Waals surface area (Å²) < 4.78 is 33.8. The standard InChI is InChI=1S/C20H22N8O5.C9H11F2N3O4.C5H5N5S.C5H4N4S/c1-28(9-11-8-23-17-15(24-11)16(21)26-20(22)27-17)12-4-2-10(3-5-12)18(31)25-13(19(32)33)6-7-14(29)30;10-9(11)6(16)4(3-15)18-7(9)14-2-1-5(12)13-8(14)17;6-5-9-3-2(4(11)10-5)7-1-8-3;10-5-3-4(7-1-6-3)8-2-9-5/h2-5,8,13H,6-7,9H2,1H3,(H,25,31)(H,29,30)(H,32,33)(H4,21,22,23,26,27);1-2,4,6-7,15-16H,3H2,(H2,12,13,17);1H,(H4,6,7,8,9,10,11);1-2H,(H2,6,7,8,9,10)/t13-;4-,6-,7-;;/m01../s1. The molecule has 8 aromatic rings. The number of halogens is 2. The maximum atomic E-state index is 13.7. The molecule has 0 spiro atoms. The Morgan fingerprint density at radius 3 is 2.24 bits per heavy atom. The van der Waals surface area contributed by atoms with Crippen LogP contribution in [-0.2, 0) is 20.9 Å². The van der Waals surface area contributed by atoms with Crippen LogP contribution in [-0.4, -0.2) is 145 Å². The van der Waals surface area contributed by atoms with E-state index in [0.29, 0.717) is 54.1 Å². The zero-order chi connectivity index (χ0) is 52.4. The van der Waals surface area contributed by atoms with Crippen LogP contribution in [0.15, 0.2) is 66.5 Å². The van der Waals surface area contributed by atoms with Crippen molar-refractivity contribution in [2.75, 3.05) is 41.5 Å². The highest BCUT2D eigenvalue weighted by molar-refractivity contribution is 7.71. The van der Waals surface area contributed by atoms with E-state index in [4.69, 9.17) is 62.3 Å². The fraction of sp³-hybridized carbons (Fsp3) is 0.256. The zero-order valence-electron chi connectivity index (χ0n) is 37.0. The number of aliphatic hydroxyl groups is 2. The Morgan fingerprint density at radius 2 is 1.60 bits per heavy atom. The molecule has 1 aromatic carbocycles. The fourth-order valence-electron chi connectivity index (χ4n) is 6.39. The molecule has 4 atom stereocenters. The highest BCUT2D eigenvalue weighted by Gasteiger charge is 2.59. The molecule has 9 rings (SSSR count). The molecule has 8 heterocycles. The fourth-order valence-corrected chi connectivity index (χ4v) is 6.85. The minimum Gasteiger partial charge on any atom is -0.481 e. The number of hydrogen-bond acceptors (Lipinski definition) is 23. The predicted molar refractivity (Wildman–Crippen MR) is 256 cm³/mol. The number of nitrogens with one attached hydrogen (secondary N) is 5. The van der Waals surface area contributed by atoms with E-state index >= 15 is 0 Å². The van der Waals surface area contributed by atoms with Gasteiger partial charge in [0.2, 0.25) is 18.1 Å². The Labute approximate surface area is 410 Å². The summed E-state index contributed by atoms with van der Waals surface area (Å²) in [4.78, 5) is 94.3. The Balaban J connectivity index is 0.000000179. The number of carbonyl (C=O) groups excluding carboxylic acids is 1. The number of aromatic amines is 4. The summed E-state index contributed by atoms with van der Waals surface area (Å²) in [6, 6.07) is 6.31. The van der Waals surface area contributed by atoms with Crippen LogP contribution in [0.5, 0.6) is 0 Å². The number of rotatable bonds is 11. The molecule has 1 aliphatic heterocycles. The van der Waals surface area contributed by atoms with Crippen LogP contribution in [0, 0.1) is 9.28 Å². The molecule has 33 heteroatoms. The van der Waals surface area contributed by atoms with Gasteiger partial charge in [-0.25, -0.2) is 39.5 Å². The van der Waals surface area contributed by atoms with Gasteiger partial charge in [0.1, 0.15) is 33.6 Å². The molecular formula is C39H42F2N20O9S2. The van der Waals surface area contributed by atoms with E-state index in [0.717, 1.165) is 23.5 Å². The van der Waals surface area contributed by atoms with E-state index in [9.17, 15) is 38.2 Å². The number of carboxylic acids is 2. The summed E-state index contributed by atoms with van der Waals surface area (Å²) in [6.07, 6.45) is 0.920. The average Bonchev–Trinajstić information content (AvgIpc) is 4.07. The third kappa shape index (κ3) is 12.7. The number of benzene rings is 1. The number of aliphatic hydroxyl groups excluding tert-OH is 2. The lowest BCUT2D eigenvalue weighted by Gasteiger charge is -2.20. The van der Waals surface area contributed by atoms with E-state index in [2.05, 4.69) is 70.1 Å². The highest BCUT2D eigenvalue weighted by atomic mass is 32.1. The van der Waals surface area contributed by atoms with Gasteiger partial charge in [0.15, 0.2) is 39.0 Å². The lowest BCUT2D eigenvalue weighted by Crippen LogP contribution is -2.41. The van der Waals surface area contributed by atoms with Crippen LogP contribution >= 0.6 is 24.4 Å². The molecule has 0 bridgehead atoms. The number of alkyl halides is 2. The van der Waals surface area contributed by atoms with Crippen molar-refractivity contribution in [3.8, 4) is 0 Å². The lowest BCUT2D eigenvalue weighted by atomic mass is 10.1. The van der Waals surface area contributed by atoms with Crippen molar-refractivity contribution in [3.05, 3.63) is 92.7 Å². The first kappa shape index (κ1) is 52.6. The van der Waals surface area contributed by atoms with Gasteiger partial charge in [0.05, 0.1) is 44.0 Å². The SMILES string of the molecule is CN(Cc1cnc2nc(N)nc(N)c2n1)c1ccc(C(=O)N[C@@H](CCC(=O)O)C(=O)O)cc1.Nc1ccn([C@@H]2O[C@H](CO)[C@@H](O)C2(F)F)c(=O)n1.Nc1nc(=S)c2[nH]cnc2[nH]1.S=c1[nH]cnc2nc[nH]c12. The number of aromatic nitrogens is 14. The number of imidazole rings is 2. The van der Waals surface area contributed by atoms with Crippen LogP contribution in [0.4, 0.5) is 38.0 Å². The lowest BCUT2D eigenvalue weighted by molar-refractivity contribution is -0.141. The van der Waals surface area contributed by atoms with Gasteiger partial charge >= 0.3 is 23.6 Å². The second kappa shape index (κ2) is 22.8. The summed E-state index contributed by atoms with van der Waals surface area (Å²) in [5, 5.41) is 38.4. The molecule has 0 unspecified atom stereocenters. The molecule has 1 amide bonds. The number of fused-ring (bicyclic) bond motifs is 3. The van der Waals surface area contributed by atoms with E-state index < -0.39 is 60.5 Å². The number of nitrogen functional groups attached to an aromatic ring is 4. The number of nitrogens with zero attached hydrogens (tertiary/aromatic N) is 11. The molecular weight excluding hydrogens is 995 g/mol. The van der Waals surface area contributed by atoms with Crippen LogP contribution in [0.1, 0.15) is 35.1 Å². The smallest absolute Gasteiger partial charge is 0.351 e. The van der Waals surface area contributed by atoms with Gasteiger partial charge in [0, 0.05) is 30.9 Å². The van der Waals surface area contributed by atoms with Crippen molar-refractivity contribution in [2.24, 2.45) is 0 Å². The van der Waals surface area contributed by atoms with Crippen LogP contribution < -0.4 is 38.8 Å². The number of carboxylic acid groups (broad SMARTS) is 2. The number of anilines is 5. The van der Waals surface area contributed by atoms with E-state index in [1.807, 2.05) is 11.9 Å². The second-order valence-electron chi connectivity index (χ2n) is 15.0. The molecule has 29 nitrogen and oxygen atoms in total. The summed E-state index contributed by atoms with van der Waals surface area (Å²) in [7, 11) is 1.82. The van der Waals surface area contributed by atoms with E-state index in [1.165, 1.54) is 24.8 Å². The van der Waals surface area contributed by atoms with E-state index in [-0.39, 0.29) is 41.9 Å². The molecule has 1 fully saturated rings. The van der Waals surface area contributed by atoms with Crippen molar-refractivity contribution in [1.82, 2.24) is 74.7 Å². The zero-order valence-corrected chi connectivity index (χ0v) is 38.7. The largest absolute Gasteiger partial charge is 0.481 e. The summed E-state index contributed by atoms with van der Waals surface area (Å²) in [5.41, 5.74) is 26.1. The molecule has 0 aliphatic carbocycles. The number of amides is 1. The molecule has 7 aromatic heterocycles. The Morgan fingerprint density at radius 1 is 0.917 bits per heavy atom. The number of nitrogens with two attached hydrogens (primary N) is 4. The first-order valence-corrected chi connectivity index (χ1v) is 21.3. The summed E-state index contributed by atoms with van der Waals surface area (Å²) >= 11 is 9.85. The van der Waals surface area contributed by atoms with E-state index in [1.54, 1.807) is 24.7 Å². The van der Waals surface area contributed by atoms with Gasteiger partial charge in [-0.3, -0.25) is 14.2 Å². The number of hydrogen-bond donors (Lipinski definition) is 13. The molecule has 378 valence electrons. The number of aliphatic carboxylic acids is 2. The topological polar surface area (TPSA) is 462 Å². The number of ether oxygens (including phenoxy) is 1. The molecule has 0 saturated carbocycles. The molecule has 0 radical (unpaired) electrons. The molecule has 17 N–H and O–H groups in total.